The second-order valence-electron chi connectivity index (χ2n) is 4.57. The zero-order chi connectivity index (χ0) is 15.9. The van der Waals surface area contributed by atoms with Gasteiger partial charge in [-0.15, -0.1) is 0 Å². The van der Waals surface area contributed by atoms with Gasteiger partial charge in [0, 0.05) is 5.56 Å². The van der Waals surface area contributed by atoms with Crippen LogP contribution in [0.2, 0.25) is 10.0 Å². The van der Waals surface area contributed by atoms with Gasteiger partial charge >= 0.3 is 6.18 Å². The molecule has 0 fully saturated rings. The first kappa shape index (κ1) is 15.8. The summed E-state index contributed by atoms with van der Waals surface area (Å²) in [5.74, 6) is 0. The fraction of sp³-hybridized carbons (Fsp3) is 0.143. The number of alkyl halides is 3. The van der Waals surface area contributed by atoms with Crippen LogP contribution in [0, 0.1) is 6.92 Å². The summed E-state index contributed by atoms with van der Waals surface area (Å²) < 4.78 is 38.9. The molecule has 0 aliphatic rings. The van der Waals surface area contributed by atoms with E-state index in [-0.39, 0.29) is 15.6 Å². The third kappa shape index (κ3) is 2.89. The van der Waals surface area contributed by atoms with E-state index in [4.69, 9.17) is 34.7 Å². The molecule has 0 aromatic heterocycles. The van der Waals surface area contributed by atoms with Crippen molar-refractivity contribution in [2.75, 3.05) is 11.5 Å². The molecule has 0 aliphatic carbocycles. The van der Waals surface area contributed by atoms with E-state index < -0.39 is 17.4 Å². The predicted octanol–water partition coefficient (Wildman–Crippen LogP) is 5.15. The summed E-state index contributed by atoms with van der Waals surface area (Å²) in [6, 6.07) is 5.52. The average molecular weight is 335 g/mol. The Balaban J connectivity index is 2.72. The number of rotatable bonds is 1. The molecule has 0 amide bonds. The molecule has 0 atom stereocenters. The number of anilines is 2. The molecule has 0 spiro atoms. The molecule has 2 nitrogen and oxygen atoms in total. The van der Waals surface area contributed by atoms with Gasteiger partial charge in [0.05, 0.1) is 27.0 Å². The highest BCUT2D eigenvalue weighted by molar-refractivity contribution is 6.36. The van der Waals surface area contributed by atoms with Gasteiger partial charge in [-0.25, -0.2) is 0 Å². The standard InChI is InChI=1S/C14H11Cl2F3N2/c1-6-2-3-8(11(16)12(6)20)7-4-9(14(17,18)19)13(21)10(15)5-7/h2-5H,20-21H2,1H3. The topological polar surface area (TPSA) is 52.0 Å². The molecule has 21 heavy (non-hydrogen) atoms. The number of hydrogen-bond acceptors (Lipinski definition) is 2. The van der Waals surface area contributed by atoms with Crippen LogP contribution in [-0.2, 0) is 6.18 Å². The molecule has 0 saturated heterocycles. The molecule has 0 aliphatic heterocycles. The number of nitrogens with two attached hydrogens (primary N) is 2. The van der Waals surface area contributed by atoms with Gasteiger partial charge in [-0.1, -0.05) is 35.3 Å². The Morgan fingerprint density at radius 2 is 1.62 bits per heavy atom. The smallest absolute Gasteiger partial charge is 0.397 e. The summed E-state index contributed by atoms with van der Waals surface area (Å²) >= 11 is 11.9. The minimum absolute atomic E-state index is 0.184. The van der Waals surface area contributed by atoms with E-state index in [1.807, 2.05) is 0 Å². The van der Waals surface area contributed by atoms with E-state index >= 15 is 0 Å². The fourth-order valence-electron chi connectivity index (χ4n) is 1.92. The van der Waals surface area contributed by atoms with Crippen molar-refractivity contribution in [1.29, 1.82) is 0 Å². The van der Waals surface area contributed by atoms with Gasteiger partial charge in [-0.05, 0) is 30.2 Å². The van der Waals surface area contributed by atoms with E-state index in [2.05, 4.69) is 0 Å². The lowest BCUT2D eigenvalue weighted by Gasteiger charge is -2.15. The van der Waals surface area contributed by atoms with Crippen molar-refractivity contribution in [3.8, 4) is 11.1 Å². The molecule has 2 rings (SSSR count). The summed E-state index contributed by atoms with van der Waals surface area (Å²) in [7, 11) is 0. The summed E-state index contributed by atoms with van der Waals surface area (Å²) in [5, 5.41) is -0.000925. The number of hydrogen-bond donors (Lipinski definition) is 2. The van der Waals surface area contributed by atoms with Crippen molar-refractivity contribution in [2.24, 2.45) is 0 Å². The monoisotopic (exact) mass is 334 g/mol. The molecule has 2 aromatic carbocycles. The Hall–Kier alpha value is -1.59. The SMILES string of the molecule is Cc1ccc(-c2cc(Cl)c(N)c(C(F)(F)F)c2)c(Cl)c1N. The third-order valence-corrected chi connectivity index (χ3v) is 3.86. The maximum Gasteiger partial charge on any atom is 0.418 e. The van der Waals surface area contributed by atoms with Crippen molar-refractivity contribution in [3.63, 3.8) is 0 Å². The van der Waals surface area contributed by atoms with Crippen LogP contribution in [0.25, 0.3) is 11.1 Å². The number of benzene rings is 2. The third-order valence-electron chi connectivity index (χ3n) is 3.14. The highest BCUT2D eigenvalue weighted by atomic mass is 35.5. The zero-order valence-electron chi connectivity index (χ0n) is 10.9. The zero-order valence-corrected chi connectivity index (χ0v) is 12.4. The molecular weight excluding hydrogens is 324 g/mol. The summed E-state index contributed by atoms with van der Waals surface area (Å²) in [5.41, 5.74) is 11.3. The summed E-state index contributed by atoms with van der Waals surface area (Å²) in [6.45, 7) is 1.75. The second kappa shape index (κ2) is 5.31. The summed E-state index contributed by atoms with van der Waals surface area (Å²) in [6.07, 6.45) is -4.60. The lowest BCUT2D eigenvalue weighted by atomic mass is 9.99. The Morgan fingerprint density at radius 1 is 1.00 bits per heavy atom. The van der Waals surface area contributed by atoms with Crippen LogP contribution in [0.15, 0.2) is 24.3 Å². The van der Waals surface area contributed by atoms with E-state index in [0.29, 0.717) is 11.3 Å². The molecule has 0 heterocycles. The second-order valence-corrected chi connectivity index (χ2v) is 5.36. The number of halogens is 5. The van der Waals surface area contributed by atoms with Crippen LogP contribution < -0.4 is 11.5 Å². The van der Waals surface area contributed by atoms with Gasteiger partial charge in [0.25, 0.3) is 0 Å². The summed E-state index contributed by atoms with van der Waals surface area (Å²) in [4.78, 5) is 0. The van der Waals surface area contributed by atoms with E-state index in [1.54, 1.807) is 19.1 Å². The van der Waals surface area contributed by atoms with Crippen LogP contribution in [0.5, 0.6) is 0 Å². The van der Waals surface area contributed by atoms with Gasteiger partial charge < -0.3 is 11.5 Å². The van der Waals surface area contributed by atoms with Crippen LogP contribution in [0.4, 0.5) is 24.5 Å². The van der Waals surface area contributed by atoms with Gasteiger partial charge in [-0.3, -0.25) is 0 Å². The Morgan fingerprint density at radius 3 is 2.19 bits per heavy atom. The van der Waals surface area contributed by atoms with E-state index in [9.17, 15) is 13.2 Å². The first-order valence-electron chi connectivity index (χ1n) is 5.84. The van der Waals surface area contributed by atoms with Gasteiger partial charge in [0.2, 0.25) is 0 Å². The first-order chi connectivity index (χ1) is 9.62. The van der Waals surface area contributed by atoms with Crippen LogP contribution >= 0.6 is 23.2 Å². The van der Waals surface area contributed by atoms with Crippen LogP contribution in [0.3, 0.4) is 0 Å². The Bertz CT molecular complexity index is 712. The maximum absolute atomic E-state index is 13.0. The van der Waals surface area contributed by atoms with E-state index in [1.165, 1.54) is 6.07 Å². The largest absolute Gasteiger partial charge is 0.418 e. The van der Waals surface area contributed by atoms with E-state index in [0.717, 1.165) is 11.6 Å². The molecule has 0 bridgehead atoms. The molecule has 7 heteroatoms. The molecule has 112 valence electrons. The van der Waals surface area contributed by atoms with Crippen LogP contribution in [-0.4, -0.2) is 0 Å². The van der Waals surface area contributed by atoms with Crippen molar-refractivity contribution in [3.05, 3.63) is 45.4 Å². The Labute approximate surface area is 129 Å². The van der Waals surface area contributed by atoms with Crippen molar-refractivity contribution in [1.82, 2.24) is 0 Å². The predicted molar refractivity (Wildman–Crippen MR) is 80.5 cm³/mol. The van der Waals surface area contributed by atoms with Gasteiger partial charge in [0.15, 0.2) is 0 Å². The maximum atomic E-state index is 13.0. The quantitative estimate of drug-likeness (QED) is 0.708. The molecular formula is C14H11Cl2F3N2. The number of aryl methyl sites for hydroxylation is 1. The normalized spacial score (nSPS) is 11.7. The lowest BCUT2D eigenvalue weighted by Crippen LogP contribution is -2.09. The lowest BCUT2D eigenvalue weighted by molar-refractivity contribution is -0.136. The minimum atomic E-state index is -4.60. The molecule has 0 unspecified atom stereocenters. The van der Waals surface area contributed by atoms with Crippen molar-refractivity contribution < 1.29 is 13.2 Å². The van der Waals surface area contributed by atoms with Gasteiger partial charge in [-0.2, -0.15) is 13.2 Å². The molecule has 4 N–H and O–H groups in total. The molecule has 2 aromatic rings. The molecule has 0 radical (unpaired) electrons. The first-order valence-corrected chi connectivity index (χ1v) is 6.59. The highest BCUT2D eigenvalue weighted by Gasteiger charge is 2.34. The Kier molecular flexibility index (Phi) is 4.00. The van der Waals surface area contributed by atoms with Crippen molar-refractivity contribution >= 4 is 34.6 Å². The fourth-order valence-corrected chi connectivity index (χ4v) is 2.46. The average Bonchev–Trinajstić information content (AvgIpc) is 2.38. The van der Waals surface area contributed by atoms with Crippen LogP contribution in [0.1, 0.15) is 11.1 Å². The minimum Gasteiger partial charge on any atom is -0.397 e. The molecule has 0 saturated carbocycles. The van der Waals surface area contributed by atoms with Crippen molar-refractivity contribution in [2.45, 2.75) is 13.1 Å². The highest BCUT2D eigenvalue weighted by Crippen LogP contribution is 2.42. The van der Waals surface area contributed by atoms with Gasteiger partial charge in [0.1, 0.15) is 0 Å². The number of nitrogen functional groups attached to an aromatic ring is 2.